The first-order valence-corrected chi connectivity index (χ1v) is 9.36. The molecule has 0 aliphatic carbocycles. The van der Waals surface area contributed by atoms with Gasteiger partial charge < -0.3 is 10.0 Å². The van der Waals surface area contributed by atoms with Gasteiger partial charge in [-0.25, -0.2) is 0 Å². The molecule has 0 aromatic heterocycles. The molecular weight excluding hydrogens is 372 g/mol. The molecule has 2 atom stereocenters. The molecule has 2 aromatic carbocycles. The van der Waals surface area contributed by atoms with Crippen molar-refractivity contribution in [2.45, 2.75) is 17.4 Å². The maximum absolute atomic E-state index is 11.7. The maximum atomic E-state index is 11.7. The fraction of sp³-hybridized carbons (Fsp3) is 0.278. The van der Waals surface area contributed by atoms with Crippen LogP contribution in [0.2, 0.25) is 0 Å². The Hall–Kier alpha value is -1.30. The summed E-state index contributed by atoms with van der Waals surface area (Å²) in [7, 11) is 0. The summed E-state index contributed by atoms with van der Waals surface area (Å²) < 4.78 is 1.02. The van der Waals surface area contributed by atoms with E-state index < -0.39 is 5.72 Å². The number of aliphatic hydroxyl groups is 1. The summed E-state index contributed by atoms with van der Waals surface area (Å²) >= 11 is 5.17. The van der Waals surface area contributed by atoms with Crippen LogP contribution in [0.1, 0.15) is 11.1 Å². The number of nitrogens with zero attached hydrogens (tertiary/aromatic N) is 2. The van der Waals surface area contributed by atoms with Gasteiger partial charge in [0.05, 0.1) is 11.8 Å². The van der Waals surface area contributed by atoms with Crippen molar-refractivity contribution in [2.75, 3.05) is 13.1 Å². The molecule has 0 amide bonds. The van der Waals surface area contributed by atoms with Crippen LogP contribution in [0.5, 0.6) is 0 Å². The van der Waals surface area contributed by atoms with Crippen LogP contribution in [0.4, 0.5) is 0 Å². The summed E-state index contributed by atoms with van der Waals surface area (Å²) in [5, 5.41) is 12.7. The summed E-state index contributed by atoms with van der Waals surface area (Å²) in [6, 6.07) is 18.3. The number of hydrogen-bond donors (Lipinski definition) is 1. The highest BCUT2D eigenvalue weighted by Gasteiger charge is 2.53. The lowest BCUT2D eigenvalue weighted by atomic mass is 9.93. The fourth-order valence-electron chi connectivity index (χ4n) is 3.28. The van der Waals surface area contributed by atoms with Crippen LogP contribution in [0.3, 0.4) is 0 Å². The molecule has 2 aliphatic rings. The van der Waals surface area contributed by atoms with Crippen molar-refractivity contribution >= 4 is 32.9 Å². The first-order chi connectivity index (χ1) is 11.2. The van der Waals surface area contributed by atoms with Gasteiger partial charge in [0.25, 0.3) is 0 Å². The van der Waals surface area contributed by atoms with Crippen molar-refractivity contribution < 1.29 is 5.11 Å². The van der Waals surface area contributed by atoms with Gasteiger partial charge in [0, 0.05) is 16.6 Å². The van der Waals surface area contributed by atoms with Crippen molar-refractivity contribution in [1.82, 2.24) is 4.90 Å². The van der Waals surface area contributed by atoms with Crippen molar-refractivity contribution in [3.8, 4) is 0 Å². The van der Waals surface area contributed by atoms with E-state index in [-0.39, 0.29) is 5.25 Å². The molecule has 1 saturated heterocycles. The Morgan fingerprint density at radius 3 is 2.65 bits per heavy atom. The predicted molar refractivity (Wildman–Crippen MR) is 98.6 cm³/mol. The standard InChI is InChI=1S/C18H17BrN2OS/c19-15-8-6-14(7-9-15)18(22)16(12-13-4-2-1-3-5-13)23-17-20-10-11-21(17)18/h1-9,16,22H,10-12H2. The third-order valence-corrected chi connectivity index (χ3v) is 6.31. The Bertz CT molecular complexity index is 734. The first kappa shape index (κ1) is 15.2. The highest BCUT2D eigenvalue weighted by molar-refractivity contribution is 9.10. The third-order valence-electron chi connectivity index (χ3n) is 4.44. The molecule has 2 heterocycles. The number of amidine groups is 1. The SMILES string of the molecule is OC1(c2ccc(Br)cc2)C(Cc2ccccc2)SC2=NCCN21. The summed E-state index contributed by atoms with van der Waals surface area (Å²) in [6.07, 6.45) is 0.813. The molecule has 2 unspecified atom stereocenters. The van der Waals surface area contributed by atoms with Gasteiger partial charge in [0.2, 0.25) is 0 Å². The molecule has 2 aromatic rings. The number of benzene rings is 2. The second-order valence-electron chi connectivity index (χ2n) is 5.85. The fourth-order valence-corrected chi connectivity index (χ4v) is 5.02. The zero-order chi connectivity index (χ0) is 15.9. The average molecular weight is 389 g/mol. The molecule has 118 valence electrons. The van der Waals surface area contributed by atoms with E-state index in [4.69, 9.17) is 0 Å². The maximum Gasteiger partial charge on any atom is 0.178 e. The molecular formula is C18H17BrN2OS. The molecule has 23 heavy (non-hydrogen) atoms. The van der Waals surface area contributed by atoms with Gasteiger partial charge in [-0.3, -0.25) is 4.99 Å². The molecule has 0 bridgehead atoms. The number of thioether (sulfide) groups is 1. The minimum atomic E-state index is -1.00. The number of aliphatic imine (C=N–C) groups is 1. The topological polar surface area (TPSA) is 35.8 Å². The average Bonchev–Trinajstić information content (AvgIpc) is 3.12. The van der Waals surface area contributed by atoms with E-state index >= 15 is 0 Å². The van der Waals surface area contributed by atoms with E-state index in [1.807, 2.05) is 42.5 Å². The Morgan fingerprint density at radius 1 is 1.17 bits per heavy atom. The van der Waals surface area contributed by atoms with E-state index in [1.54, 1.807) is 11.8 Å². The molecule has 0 spiro atoms. The number of rotatable bonds is 3. The third kappa shape index (κ3) is 2.61. The highest BCUT2D eigenvalue weighted by Crippen LogP contribution is 2.47. The zero-order valence-corrected chi connectivity index (χ0v) is 14.9. The van der Waals surface area contributed by atoms with Crippen molar-refractivity contribution in [3.05, 3.63) is 70.2 Å². The van der Waals surface area contributed by atoms with Gasteiger partial charge in [-0.05, 0) is 24.1 Å². The Balaban J connectivity index is 1.73. The lowest BCUT2D eigenvalue weighted by Gasteiger charge is -2.36. The molecule has 1 N–H and O–H groups in total. The minimum Gasteiger partial charge on any atom is -0.366 e. The van der Waals surface area contributed by atoms with Crippen LogP contribution in [0.15, 0.2) is 64.1 Å². The monoisotopic (exact) mass is 388 g/mol. The highest BCUT2D eigenvalue weighted by atomic mass is 79.9. The first-order valence-electron chi connectivity index (χ1n) is 7.69. The van der Waals surface area contributed by atoms with Crippen LogP contribution in [0, 0.1) is 0 Å². The van der Waals surface area contributed by atoms with E-state index in [1.165, 1.54) is 5.56 Å². The smallest absolute Gasteiger partial charge is 0.178 e. The summed E-state index contributed by atoms with van der Waals surface area (Å²) in [6.45, 7) is 1.54. The normalized spacial score (nSPS) is 26.3. The molecule has 5 heteroatoms. The Labute approximate surface area is 148 Å². The Kier molecular flexibility index (Phi) is 3.95. The Morgan fingerprint density at radius 2 is 1.91 bits per heavy atom. The molecule has 1 fully saturated rings. The largest absolute Gasteiger partial charge is 0.366 e. The van der Waals surface area contributed by atoms with Crippen LogP contribution < -0.4 is 0 Å². The van der Waals surface area contributed by atoms with Crippen molar-refractivity contribution in [2.24, 2.45) is 4.99 Å². The van der Waals surface area contributed by atoms with Gasteiger partial charge in [-0.15, -0.1) is 0 Å². The summed E-state index contributed by atoms with van der Waals surface area (Å²) in [4.78, 5) is 6.63. The van der Waals surface area contributed by atoms with Crippen molar-refractivity contribution in [1.29, 1.82) is 0 Å². The summed E-state index contributed by atoms with van der Waals surface area (Å²) in [5.74, 6) is 0. The quantitative estimate of drug-likeness (QED) is 0.871. The molecule has 3 nitrogen and oxygen atoms in total. The van der Waals surface area contributed by atoms with Gasteiger partial charge in [0.1, 0.15) is 0 Å². The van der Waals surface area contributed by atoms with E-state index in [0.29, 0.717) is 0 Å². The zero-order valence-electron chi connectivity index (χ0n) is 12.5. The molecule has 4 rings (SSSR count). The van der Waals surface area contributed by atoms with Gasteiger partial charge >= 0.3 is 0 Å². The summed E-state index contributed by atoms with van der Waals surface area (Å²) in [5.41, 5.74) is 1.17. The van der Waals surface area contributed by atoms with Crippen LogP contribution in [-0.2, 0) is 12.1 Å². The lowest BCUT2D eigenvalue weighted by molar-refractivity contribution is -0.0657. The van der Waals surface area contributed by atoms with E-state index in [2.05, 4.69) is 38.0 Å². The number of fused-ring (bicyclic) bond motifs is 1. The lowest BCUT2D eigenvalue weighted by Crippen LogP contribution is -2.48. The van der Waals surface area contributed by atoms with Crippen LogP contribution in [0.25, 0.3) is 0 Å². The van der Waals surface area contributed by atoms with E-state index in [9.17, 15) is 5.11 Å². The van der Waals surface area contributed by atoms with Gasteiger partial charge in [0.15, 0.2) is 10.9 Å². The molecule has 0 radical (unpaired) electrons. The number of hydrogen-bond acceptors (Lipinski definition) is 4. The van der Waals surface area contributed by atoms with Crippen molar-refractivity contribution in [3.63, 3.8) is 0 Å². The number of halogens is 1. The van der Waals surface area contributed by atoms with Crippen LogP contribution in [-0.4, -0.2) is 33.5 Å². The van der Waals surface area contributed by atoms with Crippen LogP contribution >= 0.6 is 27.7 Å². The molecule has 0 saturated carbocycles. The van der Waals surface area contributed by atoms with Gasteiger partial charge in [-0.1, -0.05) is 70.2 Å². The van der Waals surface area contributed by atoms with E-state index in [0.717, 1.165) is 34.7 Å². The van der Waals surface area contributed by atoms with Gasteiger partial charge in [-0.2, -0.15) is 0 Å². The minimum absolute atomic E-state index is 0.0325. The molecule has 2 aliphatic heterocycles. The second-order valence-corrected chi connectivity index (χ2v) is 7.93. The predicted octanol–water partition coefficient (Wildman–Crippen LogP) is 3.62. The second kappa shape index (κ2) is 5.96.